The van der Waals surface area contributed by atoms with Gasteiger partial charge in [0.2, 0.25) is 17.7 Å². The topological polar surface area (TPSA) is 101 Å². The summed E-state index contributed by atoms with van der Waals surface area (Å²) in [5.74, 6) is -1.50. The third-order valence-electron chi connectivity index (χ3n) is 4.00. The molecule has 23 heavy (non-hydrogen) atoms. The molecule has 3 rings (SSSR count). The molecule has 1 unspecified atom stereocenters. The van der Waals surface area contributed by atoms with Gasteiger partial charge in [0.05, 0.1) is 12.5 Å². The normalized spacial score (nSPS) is 22.6. The summed E-state index contributed by atoms with van der Waals surface area (Å²) in [5.41, 5.74) is 0. The first-order valence-corrected chi connectivity index (χ1v) is 7.67. The van der Waals surface area contributed by atoms with Crippen molar-refractivity contribution in [2.75, 3.05) is 13.1 Å². The molecule has 2 aliphatic heterocycles. The van der Waals surface area contributed by atoms with E-state index in [0.717, 1.165) is 12.8 Å². The molecule has 1 atom stereocenters. The SMILES string of the molecule is O=C1CC(C(=O)N2CCCC(Oc3ncccn3)C2)CC(=O)N1. The molecular formula is C15H18N4O4. The Morgan fingerprint density at radius 1 is 1.22 bits per heavy atom. The van der Waals surface area contributed by atoms with Crippen LogP contribution in [0, 0.1) is 5.92 Å². The van der Waals surface area contributed by atoms with Crippen molar-refractivity contribution >= 4 is 17.7 Å². The van der Waals surface area contributed by atoms with E-state index in [2.05, 4.69) is 15.3 Å². The third-order valence-corrected chi connectivity index (χ3v) is 4.00. The van der Waals surface area contributed by atoms with Gasteiger partial charge in [0.1, 0.15) is 6.10 Å². The minimum atomic E-state index is -0.567. The molecule has 3 heterocycles. The summed E-state index contributed by atoms with van der Waals surface area (Å²) < 4.78 is 5.70. The molecule has 0 aliphatic carbocycles. The van der Waals surface area contributed by atoms with Crippen LogP contribution in [0.4, 0.5) is 0 Å². The second-order valence-corrected chi connectivity index (χ2v) is 5.77. The molecule has 2 aliphatic rings. The molecule has 1 N–H and O–H groups in total. The Bertz CT molecular complexity index is 591. The maximum absolute atomic E-state index is 12.5. The Morgan fingerprint density at radius 3 is 2.61 bits per heavy atom. The van der Waals surface area contributed by atoms with Gasteiger partial charge >= 0.3 is 6.01 Å². The minimum Gasteiger partial charge on any atom is -0.458 e. The van der Waals surface area contributed by atoms with Crippen molar-refractivity contribution in [2.24, 2.45) is 5.92 Å². The molecule has 2 fully saturated rings. The van der Waals surface area contributed by atoms with Crippen LogP contribution in [0.1, 0.15) is 25.7 Å². The number of carbonyl (C=O) groups excluding carboxylic acids is 3. The highest BCUT2D eigenvalue weighted by molar-refractivity contribution is 6.02. The van der Waals surface area contributed by atoms with Crippen LogP contribution in [0.3, 0.4) is 0 Å². The number of nitrogens with one attached hydrogen (secondary N) is 1. The van der Waals surface area contributed by atoms with Gasteiger partial charge in [-0.3, -0.25) is 19.7 Å². The number of piperidine rings is 2. The van der Waals surface area contributed by atoms with Gasteiger partial charge < -0.3 is 9.64 Å². The standard InChI is InChI=1S/C15H18N4O4/c20-12-7-10(8-13(21)18-12)14(22)19-6-1-3-11(9-19)23-15-16-4-2-5-17-15/h2,4-5,10-11H,1,3,6-9H2,(H,18,20,21). The molecule has 0 spiro atoms. The number of likely N-dealkylation sites (tertiary alicyclic amines) is 1. The van der Waals surface area contributed by atoms with Gasteiger partial charge in [0.15, 0.2) is 0 Å². The van der Waals surface area contributed by atoms with E-state index in [1.807, 2.05) is 0 Å². The second-order valence-electron chi connectivity index (χ2n) is 5.77. The van der Waals surface area contributed by atoms with Gasteiger partial charge in [0, 0.05) is 31.8 Å². The molecule has 122 valence electrons. The summed E-state index contributed by atoms with van der Waals surface area (Å²) in [6, 6.07) is 1.99. The largest absolute Gasteiger partial charge is 0.458 e. The van der Waals surface area contributed by atoms with E-state index >= 15 is 0 Å². The molecule has 0 saturated carbocycles. The summed E-state index contributed by atoms with van der Waals surface area (Å²) in [7, 11) is 0. The van der Waals surface area contributed by atoms with E-state index in [1.165, 1.54) is 0 Å². The number of rotatable bonds is 3. The molecular weight excluding hydrogens is 300 g/mol. The predicted octanol–water partition coefficient (Wildman–Crippen LogP) is -0.101. The molecule has 0 radical (unpaired) electrons. The predicted molar refractivity (Wildman–Crippen MR) is 78.1 cm³/mol. The Hall–Kier alpha value is -2.51. The fraction of sp³-hybridized carbons (Fsp3) is 0.533. The lowest BCUT2D eigenvalue weighted by molar-refractivity contribution is -0.146. The first kappa shape index (κ1) is 15.4. The number of amides is 3. The lowest BCUT2D eigenvalue weighted by atomic mass is 9.94. The fourth-order valence-electron chi connectivity index (χ4n) is 2.94. The summed E-state index contributed by atoms with van der Waals surface area (Å²) in [5, 5.41) is 2.22. The summed E-state index contributed by atoms with van der Waals surface area (Å²) in [6.45, 7) is 1.03. The van der Waals surface area contributed by atoms with E-state index in [-0.39, 0.29) is 36.7 Å². The van der Waals surface area contributed by atoms with Crippen LogP contribution < -0.4 is 10.1 Å². The lowest BCUT2D eigenvalue weighted by Crippen LogP contribution is -2.50. The molecule has 8 heteroatoms. The number of hydrogen-bond acceptors (Lipinski definition) is 6. The summed E-state index contributed by atoms with van der Waals surface area (Å²) in [4.78, 5) is 45.1. The second kappa shape index (κ2) is 6.72. The first-order chi connectivity index (χ1) is 11.1. The van der Waals surface area contributed by atoms with E-state index in [1.54, 1.807) is 23.4 Å². The zero-order chi connectivity index (χ0) is 16.2. The van der Waals surface area contributed by atoms with Crippen molar-refractivity contribution in [1.29, 1.82) is 0 Å². The van der Waals surface area contributed by atoms with Gasteiger partial charge in [0.25, 0.3) is 0 Å². The van der Waals surface area contributed by atoms with Gasteiger partial charge in [-0.2, -0.15) is 0 Å². The minimum absolute atomic E-state index is 0.0639. The maximum Gasteiger partial charge on any atom is 0.316 e. The van der Waals surface area contributed by atoms with Gasteiger partial charge in [-0.25, -0.2) is 9.97 Å². The van der Waals surface area contributed by atoms with Crippen molar-refractivity contribution < 1.29 is 19.1 Å². The lowest BCUT2D eigenvalue weighted by Gasteiger charge is -2.35. The number of hydrogen-bond donors (Lipinski definition) is 1. The van der Waals surface area contributed by atoms with Gasteiger partial charge in [-0.1, -0.05) is 0 Å². The summed E-state index contributed by atoms with van der Waals surface area (Å²) in [6.07, 6.45) is 4.76. The third kappa shape index (κ3) is 3.82. The molecule has 0 bridgehead atoms. The Labute approximate surface area is 133 Å². The van der Waals surface area contributed by atoms with Crippen LogP contribution in [0.5, 0.6) is 6.01 Å². The Balaban J connectivity index is 1.60. The highest BCUT2D eigenvalue weighted by atomic mass is 16.5. The first-order valence-electron chi connectivity index (χ1n) is 7.67. The zero-order valence-corrected chi connectivity index (χ0v) is 12.6. The average molecular weight is 318 g/mol. The summed E-state index contributed by atoms with van der Waals surface area (Å²) >= 11 is 0. The van der Waals surface area contributed by atoms with Crippen molar-refractivity contribution in [2.45, 2.75) is 31.8 Å². The van der Waals surface area contributed by atoms with Crippen LogP contribution in [-0.4, -0.2) is 51.8 Å². The molecule has 1 aromatic heterocycles. The molecule has 2 saturated heterocycles. The van der Waals surface area contributed by atoms with Crippen LogP contribution >= 0.6 is 0 Å². The van der Waals surface area contributed by atoms with E-state index in [0.29, 0.717) is 19.1 Å². The molecule has 3 amide bonds. The van der Waals surface area contributed by atoms with Gasteiger partial charge in [-0.05, 0) is 18.9 Å². The zero-order valence-electron chi connectivity index (χ0n) is 12.6. The van der Waals surface area contributed by atoms with E-state index < -0.39 is 5.92 Å². The van der Waals surface area contributed by atoms with Crippen molar-refractivity contribution in [3.05, 3.63) is 18.5 Å². The van der Waals surface area contributed by atoms with E-state index in [4.69, 9.17) is 4.74 Å². The van der Waals surface area contributed by atoms with Gasteiger partial charge in [-0.15, -0.1) is 0 Å². The number of aromatic nitrogens is 2. The fourth-order valence-corrected chi connectivity index (χ4v) is 2.94. The van der Waals surface area contributed by atoms with Crippen molar-refractivity contribution in [3.63, 3.8) is 0 Å². The van der Waals surface area contributed by atoms with Crippen molar-refractivity contribution in [1.82, 2.24) is 20.2 Å². The molecule has 8 nitrogen and oxygen atoms in total. The highest BCUT2D eigenvalue weighted by Gasteiger charge is 2.35. The van der Waals surface area contributed by atoms with Crippen LogP contribution in [0.15, 0.2) is 18.5 Å². The smallest absolute Gasteiger partial charge is 0.316 e. The van der Waals surface area contributed by atoms with Crippen LogP contribution in [0.25, 0.3) is 0 Å². The number of carbonyl (C=O) groups is 3. The molecule has 1 aromatic rings. The number of ether oxygens (including phenoxy) is 1. The number of nitrogens with zero attached hydrogens (tertiary/aromatic N) is 3. The Kier molecular flexibility index (Phi) is 4.50. The van der Waals surface area contributed by atoms with E-state index in [9.17, 15) is 14.4 Å². The Morgan fingerprint density at radius 2 is 1.91 bits per heavy atom. The van der Waals surface area contributed by atoms with Crippen molar-refractivity contribution in [3.8, 4) is 6.01 Å². The van der Waals surface area contributed by atoms with Crippen LogP contribution in [-0.2, 0) is 14.4 Å². The molecule has 0 aromatic carbocycles. The number of imide groups is 1. The van der Waals surface area contributed by atoms with Crippen LogP contribution in [0.2, 0.25) is 0 Å². The average Bonchev–Trinajstić information content (AvgIpc) is 2.54. The highest BCUT2D eigenvalue weighted by Crippen LogP contribution is 2.21. The quantitative estimate of drug-likeness (QED) is 0.781. The maximum atomic E-state index is 12.5. The monoisotopic (exact) mass is 318 g/mol.